The Bertz CT molecular complexity index is 63.1. The van der Waals surface area contributed by atoms with Crippen LogP contribution in [0.2, 0.25) is 0 Å². The van der Waals surface area contributed by atoms with E-state index in [1.807, 2.05) is 0 Å². The minimum absolute atomic E-state index is 0. The first-order chi connectivity index (χ1) is 4.00. The fourth-order valence-electron chi connectivity index (χ4n) is 0. The van der Waals surface area contributed by atoms with E-state index in [1.54, 1.807) is 0 Å². The van der Waals surface area contributed by atoms with Crippen molar-refractivity contribution >= 4 is 14.5 Å². The van der Waals surface area contributed by atoms with Gasteiger partial charge in [0.2, 0.25) is 0 Å². The molecule has 0 rings (SSSR count). The van der Waals surface area contributed by atoms with Crippen molar-refractivity contribution in [1.29, 1.82) is 0 Å². The van der Waals surface area contributed by atoms with Crippen LogP contribution in [0.4, 0.5) is 34.5 Å². The van der Waals surface area contributed by atoms with Gasteiger partial charge in [-0.15, -0.1) is 0 Å². The average molecular weight is 235 g/mol. The van der Waals surface area contributed by atoms with E-state index in [2.05, 4.69) is 0 Å². The van der Waals surface area contributed by atoms with E-state index in [0.29, 0.717) is 0 Å². The molecule has 11 heavy (non-hydrogen) atoms. The Morgan fingerprint density at radius 2 is 0.545 bits per heavy atom. The van der Waals surface area contributed by atoms with Gasteiger partial charge in [-0.2, -0.15) is 0 Å². The zero-order chi connectivity index (χ0) is 9.00. The van der Waals surface area contributed by atoms with Gasteiger partial charge in [-0.05, 0) is 0 Å². The first-order valence-electron chi connectivity index (χ1n) is 1.75. The minimum Gasteiger partial charge on any atom is -0.418 e. The van der Waals surface area contributed by atoms with Gasteiger partial charge in [0, 0.05) is 16.8 Å². The van der Waals surface area contributed by atoms with Crippen LogP contribution >= 0.6 is 0 Å². The second-order valence-corrected chi connectivity index (χ2v) is 0.990. The average Bonchev–Trinajstić information content (AvgIpc) is 1.12. The predicted octanol–water partition coefficient (Wildman–Crippen LogP) is 2.82. The molecule has 0 bridgehead atoms. The van der Waals surface area contributed by atoms with Gasteiger partial charge >= 0.3 is 17.4 Å². The van der Waals surface area contributed by atoms with Gasteiger partial charge in [-0.25, -0.2) is 0 Å². The second-order valence-electron chi connectivity index (χ2n) is 0.990. The van der Waals surface area contributed by atoms with Crippen LogP contribution in [0.1, 0.15) is 2.85 Å². The molecule has 0 nitrogen and oxygen atoms in total. The molecule has 0 saturated carbocycles. The predicted molar refractivity (Wildman–Crippen MR) is 22.6 cm³/mol. The quantitative estimate of drug-likeness (QED) is 0.447. The Morgan fingerprint density at radius 3 is 0.545 bits per heavy atom. The molecule has 0 aromatic rings. The van der Waals surface area contributed by atoms with E-state index in [9.17, 15) is 34.5 Å². The first-order valence-corrected chi connectivity index (χ1v) is 1.75. The summed E-state index contributed by atoms with van der Waals surface area (Å²) in [5.41, 5.74) is 0. The molecule has 0 unspecified atom stereocenters. The molecule has 0 aliphatic carbocycles. The van der Waals surface area contributed by atoms with Crippen molar-refractivity contribution in [3.05, 3.63) is 0 Å². The van der Waals surface area contributed by atoms with Crippen LogP contribution in [0.3, 0.4) is 0 Å². The van der Waals surface area contributed by atoms with Crippen LogP contribution in [0.15, 0.2) is 0 Å². The summed E-state index contributed by atoms with van der Waals surface area (Å²) in [4.78, 5) is 0. The molecule has 0 aliphatic heterocycles. The fraction of sp³-hybridized carbons (Fsp3) is 0. The molecule has 0 aromatic heterocycles. The monoisotopic (exact) mass is 235 g/mol. The summed E-state index contributed by atoms with van der Waals surface area (Å²) in [5, 5.41) is 0. The Hall–Kier alpha value is 0.0764. The van der Waals surface area contributed by atoms with E-state index in [0.717, 1.165) is 0 Å². The van der Waals surface area contributed by atoms with Crippen LogP contribution in [0.25, 0.3) is 0 Å². The standard InChI is InChI=1S/2BF4.Co/c2*2-1(3,4)5;/q2*-1;/p+2. The maximum atomic E-state index is 9.75. The summed E-state index contributed by atoms with van der Waals surface area (Å²) in [6.07, 6.45) is 0. The topological polar surface area (TPSA) is 0 Å². The Balaban J connectivity index is -0.0000000267. The molecule has 0 heterocycles. The molecule has 0 aromatic carbocycles. The largest absolute Gasteiger partial charge is 1.00 e. The van der Waals surface area contributed by atoms with Crippen molar-refractivity contribution in [2.24, 2.45) is 0 Å². The summed E-state index contributed by atoms with van der Waals surface area (Å²) in [6.45, 7) is 0. The summed E-state index contributed by atoms with van der Waals surface area (Å²) in [5.74, 6) is 0. The second kappa shape index (κ2) is 5.69. The maximum Gasteiger partial charge on any atom is 1.00 e. The smallest absolute Gasteiger partial charge is 0.418 e. The van der Waals surface area contributed by atoms with Crippen molar-refractivity contribution in [1.82, 2.24) is 0 Å². The summed E-state index contributed by atoms with van der Waals surface area (Å²) in [6, 6.07) is 0. The molecular weight excluding hydrogens is 233 g/mol. The van der Waals surface area contributed by atoms with E-state index in [4.69, 9.17) is 0 Å². The molecule has 11 heteroatoms. The molecule has 0 aliphatic rings. The zero-order valence-electron chi connectivity index (χ0n) is 6.51. The molecular formula is H2B2CoF8. The summed E-state index contributed by atoms with van der Waals surface area (Å²) >= 11 is 0. The summed E-state index contributed by atoms with van der Waals surface area (Å²) in [7, 11) is -12.0. The van der Waals surface area contributed by atoms with Gasteiger partial charge in [0.1, 0.15) is 0 Å². The Morgan fingerprint density at radius 1 is 0.545 bits per heavy atom. The van der Waals surface area contributed by atoms with Crippen LogP contribution < -0.4 is 0 Å². The van der Waals surface area contributed by atoms with E-state index in [-0.39, 0.29) is 19.6 Å². The van der Waals surface area contributed by atoms with E-state index >= 15 is 0 Å². The van der Waals surface area contributed by atoms with Gasteiger partial charge in [-0.1, -0.05) is 0 Å². The van der Waals surface area contributed by atoms with Crippen LogP contribution in [-0.2, 0) is 16.8 Å². The van der Waals surface area contributed by atoms with Gasteiger partial charge < -0.3 is 34.5 Å². The Labute approximate surface area is 69.7 Å². The molecule has 0 N–H and O–H groups in total. The van der Waals surface area contributed by atoms with Crippen molar-refractivity contribution in [3.8, 4) is 0 Å². The van der Waals surface area contributed by atoms with Crippen LogP contribution in [0.5, 0.6) is 0 Å². The molecule has 73 valence electrons. The molecule has 0 amide bonds. The third-order valence-electron chi connectivity index (χ3n) is 0. The van der Waals surface area contributed by atoms with Gasteiger partial charge in [-0.3, -0.25) is 0 Å². The van der Waals surface area contributed by atoms with Gasteiger partial charge in [0.05, 0.1) is 0 Å². The number of rotatable bonds is 0. The van der Waals surface area contributed by atoms with Crippen molar-refractivity contribution in [2.75, 3.05) is 0 Å². The van der Waals surface area contributed by atoms with Crippen LogP contribution in [-0.4, -0.2) is 14.5 Å². The third kappa shape index (κ3) is 113000. The number of hydrogen-bond acceptors (Lipinski definition) is 0. The first kappa shape index (κ1) is 17.2. The number of hydrogen-bond donors (Lipinski definition) is 0. The normalized spacial score (nSPS) is 10.9. The van der Waals surface area contributed by atoms with Gasteiger partial charge in [0.25, 0.3) is 0 Å². The summed E-state index contributed by atoms with van der Waals surface area (Å²) < 4.78 is 78.0. The van der Waals surface area contributed by atoms with Crippen molar-refractivity contribution < 1.29 is 54.2 Å². The SMILES string of the molecule is F[B-](F)(F)F.F[B-](F)(F)F.[Co].[H+].[H+]. The molecule has 0 spiro atoms. The van der Waals surface area contributed by atoms with Crippen molar-refractivity contribution in [3.63, 3.8) is 0 Å². The van der Waals surface area contributed by atoms with E-state index in [1.165, 1.54) is 0 Å². The zero-order valence-corrected chi connectivity index (χ0v) is 5.55. The molecule has 0 atom stereocenters. The minimum atomic E-state index is -6.00. The van der Waals surface area contributed by atoms with E-state index < -0.39 is 14.5 Å². The molecule has 1 radical (unpaired) electrons. The molecule has 0 saturated heterocycles. The maximum absolute atomic E-state index is 9.75. The fourth-order valence-corrected chi connectivity index (χ4v) is 0. The van der Waals surface area contributed by atoms with Crippen molar-refractivity contribution in [2.45, 2.75) is 0 Å². The third-order valence-corrected chi connectivity index (χ3v) is 0. The molecule has 0 fully saturated rings. The number of halogens is 8. The Kier molecular flexibility index (Phi) is 8.92. The van der Waals surface area contributed by atoms with Gasteiger partial charge in [0.15, 0.2) is 0 Å². The van der Waals surface area contributed by atoms with Crippen LogP contribution in [0, 0.1) is 0 Å².